The van der Waals surface area contributed by atoms with Crippen molar-refractivity contribution in [3.63, 3.8) is 0 Å². The van der Waals surface area contributed by atoms with Crippen LogP contribution >= 0.6 is 0 Å². The molecule has 0 aliphatic carbocycles. The minimum atomic E-state index is -3.40. The van der Waals surface area contributed by atoms with E-state index in [2.05, 4.69) is 5.32 Å². The number of carbonyl (C=O) groups excluding carboxylic acids is 1. The number of piperidine rings is 1. The maximum Gasteiger partial charge on any atom is 0.227 e. The molecular weight excluding hydrogens is 448 g/mol. The minimum Gasteiger partial charge on any atom is -0.489 e. The molecule has 0 spiro atoms. The minimum absolute atomic E-state index is 0.00969. The van der Waals surface area contributed by atoms with Crippen LogP contribution in [0.2, 0.25) is 0 Å². The molecule has 1 N–H and O–H groups in total. The van der Waals surface area contributed by atoms with Crippen LogP contribution in [0, 0.1) is 12.8 Å². The van der Waals surface area contributed by atoms with Crippen molar-refractivity contribution in [1.82, 2.24) is 4.31 Å². The van der Waals surface area contributed by atoms with Gasteiger partial charge < -0.3 is 10.1 Å². The van der Waals surface area contributed by atoms with Gasteiger partial charge >= 0.3 is 0 Å². The van der Waals surface area contributed by atoms with Gasteiger partial charge in [-0.05, 0) is 55.2 Å². The quantitative estimate of drug-likeness (QED) is 0.507. The highest BCUT2D eigenvalue weighted by Gasteiger charge is 2.31. The molecule has 4 rings (SSSR count). The van der Waals surface area contributed by atoms with Crippen LogP contribution in [-0.2, 0) is 27.2 Å². The van der Waals surface area contributed by atoms with Crippen LogP contribution in [0.3, 0.4) is 0 Å². The lowest BCUT2D eigenvalue weighted by atomic mass is 9.97. The molecule has 1 aliphatic rings. The van der Waals surface area contributed by atoms with Crippen molar-refractivity contribution in [2.75, 3.05) is 18.4 Å². The van der Waals surface area contributed by atoms with Gasteiger partial charge in [0.15, 0.2) is 0 Å². The standard InChI is InChI=1S/C27H30N2O4S/c1-21-6-5-9-23(18-21)20-34(31,32)29-16-14-24(15-17-29)27(30)28-25-10-12-26(13-11-25)33-19-22-7-3-2-4-8-22/h2-13,18,24H,14-17,19-20H2,1H3,(H,28,30). The molecule has 0 bridgehead atoms. The van der Waals surface area contributed by atoms with Gasteiger partial charge in [-0.1, -0.05) is 60.2 Å². The van der Waals surface area contributed by atoms with Gasteiger partial charge in [0.2, 0.25) is 15.9 Å². The first kappa shape index (κ1) is 24.0. The number of sulfonamides is 1. The average molecular weight is 479 g/mol. The lowest BCUT2D eigenvalue weighted by Gasteiger charge is -2.30. The first-order valence-electron chi connectivity index (χ1n) is 11.5. The summed E-state index contributed by atoms with van der Waals surface area (Å²) in [6, 6.07) is 24.8. The van der Waals surface area contributed by atoms with Gasteiger partial charge in [0, 0.05) is 24.7 Å². The normalized spacial score (nSPS) is 15.1. The molecule has 0 radical (unpaired) electrons. The van der Waals surface area contributed by atoms with Gasteiger partial charge in [0.25, 0.3) is 0 Å². The Hall–Kier alpha value is -3.16. The first-order valence-corrected chi connectivity index (χ1v) is 13.1. The second-order valence-electron chi connectivity index (χ2n) is 8.71. The van der Waals surface area contributed by atoms with E-state index in [1.165, 1.54) is 4.31 Å². The maximum atomic E-state index is 12.8. The molecule has 178 valence electrons. The molecule has 0 unspecified atom stereocenters. The SMILES string of the molecule is Cc1cccc(CS(=O)(=O)N2CCC(C(=O)Nc3ccc(OCc4ccccc4)cc3)CC2)c1. The number of nitrogens with zero attached hydrogens (tertiary/aromatic N) is 1. The fourth-order valence-electron chi connectivity index (χ4n) is 4.12. The fourth-order valence-corrected chi connectivity index (χ4v) is 5.67. The van der Waals surface area contributed by atoms with Gasteiger partial charge in [-0.25, -0.2) is 12.7 Å². The molecule has 1 heterocycles. The summed E-state index contributed by atoms with van der Waals surface area (Å²) in [4.78, 5) is 12.7. The molecule has 0 aromatic heterocycles. The Bertz CT molecular complexity index is 1200. The van der Waals surface area contributed by atoms with E-state index >= 15 is 0 Å². The van der Waals surface area contributed by atoms with Crippen LogP contribution in [0.5, 0.6) is 5.75 Å². The van der Waals surface area contributed by atoms with E-state index in [0.29, 0.717) is 38.2 Å². The van der Waals surface area contributed by atoms with E-state index in [0.717, 1.165) is 22.4 Å². The van der Waals surface area contributed by atoms with Crippen LogP contribution in [0.4, 0.5) is 5.69 Å². The molecule has 34 heavy (non-hydrogen) atoms. The number of ether oxygens (including phenoxy) is 1. The number of amides is 1. The first-order chi connectivity index (χ1) is 16.4. The Kier molecular flexibility index (Phi) is 7.65. The lowest BCUT2D eigenvalue weighted by molar-refractivity contribution is -0.120. The van der Waals surface area contributed by atoms with Crippen molar-refractivity contribution in [2.24, 2.45) is 5.92 Å². The molecule has 1 aliphatic heterocycles. The van der Waals surface area contributed by atoms with Crippen molar-refractivity contribution in [2.45, 2.75) is 32.1 Å². The summed E-state index contributed by atoms with van der Waals surface area (Å²) in [6.45, 7) is 3.15. The van der Waals surface area contributed by atoms with Crippen LogP contribution in [0.1, 0.15) is 29.5 Å². The number of nitrogens with one attached hydrogen (secondary N) is 1. The molecule has 3 aromatic rings. The molecular formula is C27H30N2O4S. The summed E-state index contributed by atoms with van der Waals surface area (Å²) in [5, 5.41) is 2.95. The molecule has 0 atom stereocenters. The van der Waals surface area contributed by atoms with Crippen LogP contribution in [0.25, 0.3) is 0 Å². The number of carbonyl (C=O) groups is 1. The largest absolute Gasteiger partial charge is 0.489 e. The number of rotatable bonds is 8. The second kappa shape index (κ2) is 10.8. The number of hydrogen-bond acceptors (Lipinski definition) is 4. The zero-order chi connectivity index (χ0) is 24.0. The summed E-state index contributed by atoms with van der Waals surface area (Å²) in [5.74, 6) is 0.437. The fraction of sp³-hybridized carbons (Fsp3) is 0.296. The van der Waals surface area contributed by atoms with Crippen LogP contribution in [-0.4, -0.2) is 31.7 Å². The summed E-state index contributed by atoms with van der Waals surface area (Å²) < 4.78 is 32.9. The highest BCUT2D eigenvalue weighted by Crippen LogP contribution is 2.24. The number of anilines is 1. The third-order valence-electron chi connectivity index (χ3n) is 6.02. The Balaban J connectivity index is 1.25. The number of benzene rings is 3. The molecule has 0 saturated carbocycles. The summed E-state index contributed by atoms with van der Waals surface area (Å²) in [7, 11) is -3.40. The summed E-state index contributed by atoms with van der Waals surface area (Å²) >= 11 is 0. The third kappa shape index (κ3) is 6.46. The zero-order valence-electron chi connectivity index (χ0n) is 19.3. The van der Waals surface area contributed by atoms with Crippen molar-refractivity contribution < 1.29 is 17.9 Å². The Labute approximate surface area is 201 Å². The average Bonchev–Trinajstić information content (AvgIpc) is 2.84. The molecule has 3 aromatic carbocycles. The Morgan fingerprint density at radius 1 is 0.941 bits per heavy atom. The molecule has 6 nitrogen and oxygen atoms in total. The van der Waals surface area contributed by atoms with Gasteiger partial charge in [0.1, 0.15) is 12.4 Å². The Morgan fingerprint density at radius 3 is 2.29 bits per heavy atom. The number of hydrogen-bond donors (Lipinski definition) is 1. The van der Waals surface area contributed by atoms with E-state index in [9.17, 15) is 13.2 Å². The molecule has 1 fully saturated rings. The van der Waals surface area contributed by atoms with Gasteiger partial charge in [-0.15, -0.1) is 0 Å². The van der Waals surface area contributed by atoms with Gasteiger partial charge in [0.05, 0.1) is 5.75 Å². The molecule has 1 saturated heterocycles. The van der Waals surface area contributed by atoms with E-state index in [-0.39, 0.29) is 17.6 Å². The maximum absolute atomic E-state index is 12.8. The van der Waals surface area contributed by atoms with E-state index in [1.807, 2.05) is 85.8 Å². The smallest absolute Gasteiger partial charge is 0.227 e. The molecule has 7 heteroatoms. The van der Waals surface area contributed by atoms with Crippen molar-refractivity contribution in [3.05, 3.63) is 95.6 Å². The summed E-state index contributed by atoms with van der Waals surface area (Å²) in [6.07, 6.45) is 1.02. The van der Waals surface area contributed by atoms with Gasteiger partial charge in [-0.2, -0.15) is 0 Å². The van der Waals surface area contributed by atoms with Gasteiger partial charge in [-0.3, -0.25) is 4.79 Å². The topological polar surface area (TPSA) is 75.7 Å². The highest BCUT2D eigenvalue weighted by atomic mass is 32.2. The second-order valence-corrected chi connectivity index (χ2v) is 10.7. The zero-order valence-corrected chi connectivity index (χ0v) is 20.1. The number of aryl methyl sites for hydroxylation is 1. The van der Waals surface area contributed by atoms with Crippen molar-refractivity contribution >= 4 is 21.6 Å². The Morgan fingerprint density at radius 2 is 1.62 bits per heavy atom. The van der Waals surface area contributed by atoms with Crippen LogP contribution < -0.4 is 10.1 Å². The van der Waals surface area contributed by atoms with Crippen LogP contribution in [0.15, 0.2) is 78.9 Å². The monoisotopic (exact) mass is 478 g/mol. The predicted molar refractivity (Wildman–Crippen MR) is 134 cm³/mol. The van der Waals surface area contributed by atoms with Crippen molar-refractivity contribution in [1.29, 1.82) is 0 Å². The predicted octanol–water partition coefficient (Wildman–Crippen LogP) is 4.75. The third-order valence-corrected chi connectivity index (χ3v) is 7.87. The van der Waals surface area contributed by atoms with E-state index in [1.54, 1.807) is 0 Å². The summed E-state index contributed by atoms with van der Waals surface area (Å²) in [5.41, 5.74) is 3.62. The van der Waals surface area contributed by atoms with Crippen molar-refractivity contribution in [3.8, 4) is 5.75 Å². The van der Waals surface area contributed by atoms with E-state index in [4.69, 9.17) is 4.74 Å². The molecule has 1 amide bonds. The van der Waals surface area contributed by atoms with E-state index < -0.39 is 10.0 Å². The lowest BCUT2D eigenvalue weighted by Crippen LogP contribution is -2.41. The highest BCUT2D eigenvalue weighted by molar-refractivity contribution is 7.88.